The third-order valence-electron chi connectivity index (χ3n) is 7.35. The first-order valence-electron chi connectivity index (χ1n) is 12.4. The number of aromatic nitrogens is 2. The Morgan fingerprint density at radius 1 is 1.03 bits per heavy atom. The molecule has 182 valence electrons. The Morgan fingerprint density at radius 2 is 1.79 bits per heavy atom. The Morgan fingerprint density at radius 3 is 2.56 bits per heavy atom. The van der Waals surface area contributed by atoms with Crippen molar-refractivity contribution in [3.05, 3.63) is 35.1 Å². The first-order chi connectivity index (χ1) is 16.5. The number of fused-ring (bicyclic) bond motifs is 1. The van der Waals surface area contributed by atoms with Gasteiger partial charge in [-0.25, -0.2) is 14.2 Å². The number of likely N-dealkylation sites (N-methyl/N-ethyl adjacent to an activating group) is 1. The minimum atomic E-state index is -0.318. The third kappa shape index (κ3) is 4.94. The van der Waals surface area contributed by atoms with Crippen LogP contribution in [-0.2, 0) is 13.0 Å². The first kappa shape index (κ1) is 22.8. The van der Waals surface area contributed by atoms with Gasteiger partial charge in [-0.15, -0.1) is 0 Å². The van der Waals surface area contributed by atoms with Gasteiger partial charge in [-0.1, -0.05) is 19.3 Å². The summed E-state index contributed by atoms with van der Waals surface area (Å²) in [5, 5.41) is 3.20. The van der Waals surface area contributed by atoms with Gasteiger partial charge in [-0.3, -0.25) is 0 Å². The van der Waals surface area contributed by atoms with Gasteiger partial charge in [0.15, 0.2) is 0 Å². The Labute approximate surface area is 200 Å². The molecule has 2 aromatic rings. The van der Waals surface area contributed by atoms with Crippen molar-refractivity contribution in [3.63, 3.8) is 0 Å². The first-order valence-corrected chi connectivity index (χ1v) is 12.4. The summed E-state index contributed by atoms with van der Waals surface area (Å²) in [6.07, 6.45) is 6.35. The normalized spacial score (nSPS) is 19.7. The van der Waals surface area contributed by atoms with Crippen LogP contribution in [0.25, 0.3) is 11.3 Å². The van der Waals surface area contributed by atoms with Crippen LogP contribution >= 0.6 is 0 Å². The van der Waals surface area contributed by atoms with E-state index in [2.05, 4.69) is 32.1 Å². The fourth-order valence-corrected chi connectivity index (χ4v) is 5.25. The molecule has 1 saturated carbocycles. The Kier molecular flexibility index (Phi) is 6.54. The fourth-order valence-electron chi connectivity index (χ4n) is 5.25. The van der Waals surface area contributed by atoms with Crippen molar-refractivity contribution in [3.8, 4) is 11.3 Å². The number of nitrogen functional groups attached to an aromatic ring is 1. The molecule has 3 aliphatic rings. The molecule has 5 rings (SSSR count). The molecule has 1 aromatic carbocycles. The van der Waals surface area contributed by atoms with Gasteiger partial charge in [0.25, 0.3) is 0 Å². The quantitative estimate of drug-likeness (QED) is 0.721. The molecule has 0 radical (unpaired) electrons. The van der Waals surface area contributed by atoms with E-state index in [9.17, 15) is 4.79 Å². The second-order valence-electron chi connectivity index (χ2n) is 9.82. The number of nitrogens with one attached hydrogen (secondary N) is 1. The van der Waals surface area contributed by atoms with E-state index in [1.807, 2.05) is 17.0 Å². The summed E-state index contributed by atoms with van der Waals surface area (Å²) in [5.74, 6) is 0.541. The van der Waals surface area contributed by atoms with E-state index in [1.165, 1.54) is 19.3 Å². The highest BCUT2D eigenvalue weighted by molar-refractivity contribution is 5.75. The Balaban J connectivity index is 1.36. The number of benzene rings is 1. The van der Waals surface area contributed by atoms with Crippen LogP contribution in [0.3, 0.4) is 0 Å². The lowest BCUT2D eigenvalue weighted by Crippen LogP contribution is -2.47. The second-order valence-corrected chi connectivity index (χ2v) is 9.82. The number of amides is 2. The Hall–Kier alpha value is -2.94. The van der Waals surface area contributed by atoms with E-state index in [0.29, 0.717) is 30.8 Å². The van der Waals surface area contributed by atoms with Gasteiger partial charge < -0.3 is 25.8 Å². The summed E-state index contributed by atoms with van der Waals surface area (Å²) >= 11 is 0. The van der Waals surface area contributed by atoms with Gasteiger partial charge in [-0.2, -0.15) is 4.98 Å². The van der Waals surface area contributed by atoms with E-state index in [-0.39, 0.29) is 23.8 Å². The van der Waals surface area contributed by atoms with E-state index in [4.69, 9.17) is 5.73 Å². The lowest BCUT2D eigenvalue weighted by molar-refractivity contribution is 0.184. The average molecular weight is 468 g/mol. The predicted molar refractivity (Wildman–Crippen MR) is 131 cm³/mol. The summed E-state index contributed by atoms with van der Waals surface area (Å²) in [7, 11) is 2.10. The van der Waals surface area contributed by atoms with Crippen LogP contribution in [0, 0.1) is 5.82 Å². The lowest BCUT2D eigenvalue weighted by Gasteiger charge is -2.33. The van der Waals surface area contributed by atoms with Gasteiger partial charge in [0.1, 0.15) is 11.6 Å². The number of carbonyl (C=O) groups excluding carboxylic acids is 1. The van der Waals surface area contributed by atoms with Crippen LogP contribution in [0.15, 0.2) is 18.2 Å². The van der Waals surface area contributed by atoms with E-state index in [0.717, 1.165) is 56.0 Å². The molecule has 0 bridgehead atoms. The van der Waals surface area contributed by atoms with Crippen molar-refractivity contribution in [2.45, 2.75) is 51.1 Å². The van der Waals surface area contributed by atoms with Crippen LogP contribution in [0.4, 0.5) is 21.0 Å². The number of halogens is 1. The van der Waals surface area contributed by atoms with Crippen molar-refractivity contribution in [2.75, 3.05) is 50.4 Å². The molecule has 1 aliphatic carbocycles. The van der Waals surface area contributed by atoms with Crippen LogP contribution < -0.4 is 16.0 Å². The standard InChI is InChI=1S/C25H34FN7O/c1-31-9-11-32(12-10-31)23-15-22(29-24(27)30-23)20-13-18-16-33(8-7-17(18)14-21(20)26)25(34)28-19-5-3-2-4-6-19/h13-15,19H,2-12,16H2,1H3,(H,28,34)(H2,27,29,30). The van der Waals surface area contributed by atoms with Crippen LogP contribution in [0.1, 0.15) is 43.2 Å². The molecule has 1 aromatic heterocycles. The molecule has 9 heteroatoms. The van der Waals surface area contributed by atoms with Gasteiger partial charge in [0.05, 0.1) is 5.69 Å². The highest BCUT2D eigenvalue weighted by Gasteiger charge is 2.26. The van der Waals surface area contributed by atoms with Crippen molar-refractivity contribution in [1.29, 1.82) is 0 Å². The maximum Gasteiger partial charge on any atom is 0.317 e. The topological polar surface area (TPSA) is 90.6 Å². The molecule has 8 nitrogen and oxygen atoms in total. The van der Waals surface area contributed by atoms with Crippen LogP contribution in [0.5, 0.6) is 0 Å². The highest BCUT2D eigenvalue weighted by Crippen LogP contribution is 2.31. The molecular formula is C25H34FN7O. The van der Waals surface area contributed by atoms with Crippen molar-refractivity contribution in [1.82, 2.24) is 25.1 Å². The monoisotopic (exact) mass is 467 g/mol. The smallest absolute Gasteiger partial charge is 0.317 e. The maximum absolute atomic E-state index is 15.2. The van der Waals surface area contributed by atoms with Gasteiger partial charge >= 0.3 is 6.03 Å². The Bertz CT molecular complexity index is 1050. The number of hydrogen-bond donors (Lipinski definition) is 2. The molecule has 0 unspecified atom stereocenters. The fraction of sp³-hybridized carbons (Fsp3) is 0.560. The molecule has 34 heavy (non-hydrogen) atoms. The van der Waals surface area contributed by atoms with Crippen molar-refractivity contribution >= 4 is 17.8 Å². The number of anilines is 2. The molecule has 0 atom stereocenters. The predicted octanol–water partition coefficient (Wildman–Crippen LogP) is 3.02. The SMILES string of the molecule is CN1CCN(c2cc(-c3cc4c(cc3F)CCN(C(=O)NC3CCCCC3)C4)nc(N)n2)CC1. The minimum Gasteiger partial charge on any atom is -0.368 e. The van der Waals surface area contributed by atoms with Crippen LogP contribution in [0.2, 0.25) is 0 Å². The number of carbonyl (C=O) groups is 1. The summed E-state index contributed by atoms with van der Waals surface area (Å²) in [6.45, 7) is 4.61. The molecule has 0 spiro atoms. The molecular weight excluding hydrogens is 433 g/mol. The van der Waals surface area contributed by atoms with Gasteiger partial charge in [-0.05, 0) is 49.6 Å². The zero-order valence-electron chi connectivity index (χ0n) is 19.9. The number of nitrogens with two attached hydrogens (primary N) is 1. The van der Waals surface area contributed by atoms with Gasteiger partial charge in [0.2, 0.25) is 5.95 Å². The highest BCUT2D eigenvalue weighted by atomic mass is 19.1. The zero-order valence-corrected chi connectivity index (χ0v) is 19.9. The molecule has 2 fully saturated rings. The van der Waals surface area contributed by atoms with E-state index in [1.54, 1.807) is 6.07 Å². The summed E-state index contributed by atoms with van der Waals surface area (Å²) in [5.41, 5.74) is 8.81. The number of urea groups is 1. The molecule has 2 aliphatic heterocycles. The van der Waals surface area contributed by atoms with Crippen LogP contribution in [-0.4, -0.2) is 71.6 Å². The molecule has 3 N–H and O–H groups in total. The number of rotatable bonds is 3. The summed E-state index contributed by atoms with van der Waals surface area (Å²) in [4.78, 5) is 27.9. The molecule has 3 heterocycles. The average Bonchev–Trinajstić information content (AvgIpc) is 2.84. The summed E-state index contributed by atoms with van der Waals surface area (Å²) in [6, 6.07) is 5.49. The second kappa shape index (κ2) is 9.74. The van der Waals surface area contributed by atoms with Crippen molar-refractivity contribution in [2.24, 2.45) is 0 Å². The summed E-state index contributed by atoms with van der Waals surface area (Å²) < 4.78 is 15.2. The van der Waals surface area contributed by atoms with E-state index < -0.39 is 0 Å². The largest absolute Gasteiger partial charge is 0.368 e. The van der Waals surface area contributed by atoms with Gasteiger partial charge in [0, 0.05) is 56.9 Å². The number of nitrogens with zero attached hydrogens (tertiary/aromatic N) is 5. The number of piperazine rings is 1. The maximum atomic E-state index is 15.2. The third-order valence-corrected chi connectivity index (χ3v) is 7.35. The minimum absolute atomic E-state index is 0.0212. The lowest BCUT2D eigenvalue weighted by atomic mass is 9.95. The molecule has 1 saturated heterocycles. The molecule has 2 amide bonds. The van der Waals surface area contributed by atoms with Crippen molar-refractivity contribution < 1.29 is 9.18 Å². The number of hydrogen-bond acceptors (Lipinski definition) is 6. The van der Waals surface area contributed by atoms with E-state index >= 15 is 4.39 Å². The zero-order chi connectivity index (χ0) is 23.7.